The second-order valence-electron chi connectivity index (χ2n) is 5.72. The lowest BCUT2D eigenvalue weighted by atomic mass is 9.91. The number of fused-ring (bicyclic) bond motifs is 1. The fraction of sp³-hybridized carbons (Fsp3) is 0.333. The van der Waals surface area contributed by atoms with Gasteiger partial charge in [-0.2, -0.15) is 0 Å². The Hall–Kier alpha value is -1.80. The van der Waals surface area contributed by atoms with Crippen molar-refractivity contribution in [2.24, 2.45) is 0 Å². The highest BCUT2D eigenvalue weighted by Gasteiger charge is 2.23. The van der Waals surface area contributed by atoms with Gasteiger partial charge in [0.2, 0.25) is 0 Å². The molecule has 0 radical (unpaired) electrons. The Morgan fingerprint density at radius 3 is 2.85 bits per heavy atom. The van der Waals surface area contributed by atoms with E-state index in [-0.39, 0.29) is 0 Å². The van der Waals surface area contributed by atoms with Crippen molar-refractivity contribution in [3.63, 3.8) is 0 Å². The summed E-state index contributed by atoms with van der Waals surface area (Å²) in [4.78, 5) is 0. The SMILES string of the molecule is c1cc(OC2CC2)cc(-c2cccc3c2CCNC3)c1. The van der Waals surface area contributed by atoms with Gasteiger partial charge in [0, 0.05) is 6.54 Å². The first-order valence-corrected chi connectivity index (χ1v) is 7.49. The van der Waals surface area contributed by atoms with E-state index in [1.165, 1.54) is 35.1 Å². The molecule has 0 atom stereocenters. The van der Waals surface area contributed by atoms with Crippen LogP contribution in [0.2, 0.25) is 0 Å². The van der Waals surface area contributed by atoms with Gasteiger partial charge in [0.05, 0.1) is 6.10 Å². The van der Waals surface area contributed by atoms with E-state index in [9.17, 15) is 0 Å². The zero-order chi connectivity index (χ0) is 13.4. The zero-order valence-corrected chi connectivity index (χ0v) is 11.6. The molecule has 0 bridgehead atoms. The molecule has 102 valence electrons. The van der Waals surface area contributed by atoms with E-state index >= 15 is 0 Å². The summed E-state index contributed by atoms with van der Waals surface area (Å²) >= 11 is 0. The van der Waals surface area contributed by atoms with Crippen LogP contribution in [-0.4, -0.2) is 12.6 Å². The monoisotopic (exact) mass is 265 g/mol. The van der Waals surface area contributed by atoms with E-state index in [0.717, 1.165) is 25.3 Å². The molecule has 1 heterocycles. The molecular formula is C18H19NO. The molecule has 2 nitrogen and oxygen atoms in total. The third-order valence-corrected chi connectivity index (χ3v) is 4.11. The second kappa shape index (κ2) is 4.95. The summed E-state index contributed by atoms with van der Waals surface area (Å²) < 4.78 is 5.92. The summed E-state index contributed by atoms with van der Waals surface area (Å²) in [6, 6.07) is 15.2. The van der Waals surface area contributed by atoms with Crippen molar-refractivity contribution in [3.05, 3.63) is 53.6 Å². The average Bonchev–Trinajstić information content (AvgIpc) is 3.31. The lowest BCUT2D eigenvalue weighted by Crippen LogP contribution is -2.24. The van der Waals surface area contributed by atoms with Gasteiger partial charge in [0.25, 0.3) is 0 Å². The van der Waals surface area contributed by atoms with Gasteiger partial charge in [-0.25, -0.2) is 0 Å². The molecule has 0 aromatic heterocycles. The van der Waals surface area contributed by atoms with Gasteiger partial charge in [0.15, 0.2) is 0 Å². The fourth-order valence-corrected chi connectivity index (χ4v) is 2.92. The smallest absolute Gasteiger partial charge is 0.120 e. The number of ether oxygens (including phenoxy) is 1. The quantitative estimate of drug-likeness (QED) is 0.916. The molecule has 2 heteroatoms. The summed E-state index contributed by atoms with van der Waals surface area (Å²) in [6.45, 7) is 2.06. The van der Waals surface area contributed by atoms with E-state index in [0.29, 0.717) is 6.10 Å². The Balaban J connectivity index is 1.72. The molecule has 2 aliphatic rings. The van der Waals surface area contributed by atoms with Crippen LogP contribution in [0.3, 0.4) is 0 Å². The van der Waals surface area contributed by atoms with Gasteiger partial charge in [0.1, 0.15) is 5.75 Å². The lowest BCUT2D eigenvalue weighted by molar-refractivity contribution is 0.303. The Kier molecular flexibility index (Phi) is 2.96. The van der Waals surface area contributed by atoms with Crippen molar-refractivity contribution < 1.29 is 4.74 Å². The highest BCUT2D eigenvalue weighted by molar-refractivity contribution is 5.70. The van der Waals surface area contributed by atoms with E-state index in [2.05, 4.69) is 47.8 Å². The molecule has 0 amide bonds. The maximum absolute atomic E-state index is 5.92. The first kappa shape index (κ1) is 12.0. The maximum Gasteiger partial charge on any atom is 0.120 e. The minimum Gasteiger partial charge on any atom is -0.490 e. The third-order valence-electron chi connectivity index (χ3n) is 4.11. The molecule has 2 aromatic rings. The Bertz CT molecular complexity index is 631. The molecule has 1 aliphatic carbocycles. The lowest BCUT2D eigenvalue weighted by Gasteiger charge is -2.20. The van der Waals surface area contributed by atoms with Crippen molar-refractivity contribution in [2.45, 2.75) is 31.9 Å². The van der Waals surface area contributed by atoms with E-state index in [1.54, 1.807) is 0 Å². The predicted octanol–water partition coefficient (Wildman–Crippen LogP) is 3.54. The summed E-state index contributed by atoms with van der Waals surface area (Å²) in [7, 11) is 0. The van der Waals surface area contributed by atoms with E-state index < -0.39 is 0 Å². The minimum absolute atomic E-state index is 0.458. The number of rotatable bonds is 3. The molecule has 1 saturated carbocycles. The van der Waals surface area contributed by atoms with Crippen LogP contribution in [0.25, 0.3) is 11.1 Å². The van der Waals surface area contributed by atoms with Crippen molar-refractivity contribution in [3.8, 4) is 16.9 Å². The number of hydrogen-bond donors (Lipinski definition) is 1. The van der Waals surface area contributed by atoms with Gasteiger partial charge in [-0.15, -0.1) is 0 Å². The van der Waals surface area contributed by atoms with Crippen LogP contribution in [-0.2, 0) is 13.0 Å². The number of hydrogen-bond acceptors (Lipinski definition) is 2. The van der Waals surface area contributed by atoms with Crippen LogP contribution in [0, 0.1) is 0 Å². The number of nitrogens with one attached hydrogen (secondary N) is 1. The molecule has 4 rings (SSSR count). The highest BCUT2D eigenvalue weighted by atomic mass is 16.5. The average molecular weight is 265 g/mol. The van der Waals surface area contributed by atoms with Gasteiger partial charge in [-0.05, 0) is 60.2 Å². The number of benzene rings is 2. The molecule has 2 aromatic carbocycles. The van der Waals surface area contributed by atoms with Gasteiger partial charge in [-0.3, -0.25) is 0 Å². The van der Waals surface area contributed by atoms with Crippen LogP contribution in [0.15, 0.2) is 42.5 Å². The van der Waals surface area contributed by atoms with Crippen LogP contribution in [0.4, 0.5) is 0 Å². The van der Waals surface area contributed by atoms with Gasteiger partial charge >= 0.3 is 0 Å². The summed E-state index contributed by atoms with van der Waals surface area (Å²) in [6.07, 6.45) is 3.98. The molecule has 1 N–H and O–H groups in total. The van der Waals surface area contributed by atoms with Crippen LogP contribution in [0.1, 0.15) is 24.0 Å². The molecule has 0 spiro atoms. The molecular weight excluding hydrogens is 246 g/mol. The summed E-state index contributed by atoms with van der Waals surface area (Å²) in [5.41, 5.74) is 5.57. The largest absolute Gasteiger partial charge is 0.490 e. The second-order valence-corrected chi connectivity index (χ2v) is 5.72. The zero-order valence-electron chi connectivity index (χ0n) is 11.6. The van der Waals surface area contributed by atoms with E-state index in [4.69, 9.17) is 4.74 Å². The molecule has 1 aliphatic heterocycles. The van der Waals surface area contributed by atoms with Gasteiger partial charge < -0.3 is 10.1 Å². The summed E-state index contributed by atoms with van der Waals surface area (Å²) in [5.74, 6) is 1.01. The first-order valence-electron chi connectivity index (χ1n) is 7.49. The minimum atomic E-state index is 0.458. The highest BCUT2D eigenvalue weighted by Crippen LogP contribution is 2.32. The topological polar surface area (TPSA) is 21.3 Å². The van der Waals surface area contributed by atoms with Crippen molar-refractivity contribution in [2.75, 3.05) is 6.54 Å². The normalized spacial score (nSPS) is 17.6. The van der Waals surface area contributed by atoms with Crippen LogP contribution in [0.5, 0.6) is 5.75 Å². The van der Waals surface area contributed by atoms with Crippen molar-refractivity contribution in [1.29, 1.82) is 0 Å². The standard InChI is InChI=1S/C18H19NO/c1-3-13(11-16(5-1)20-15-7-8-15)17-6-2-4-14-12-19-10-9-18(14)17/h1-6,11,15,19H,7-10,12H2. The molecule has 1 fully saturated rings. The molecule has 0 unspecified atom stereocenters. The van der Waals surface area contributed by atoms with Crippen LogP contribution < -0.4 is 10.1 Å². The Morgan fingerprint density at radius 1 is 1.05 bits per heavy atom. The third kappa shape index (κ3) is 2.32. The Labute approximate surface area is 119 Å². The molecule has 20 heavy (non-hydrogen) atoms. The van der Waals surface area contributed by atoms with E-state index in [1.807, 2.05) is 0 Å². The van der Waals surface area contributed by atoms with Gasteiger partial charge in [-0.1, -0.05) is 30.3 Å². The van der Waals surface area contributed by atoms with Crippen molar-refractivity contribution in [1.82, 2.24) is 5.32 Å². The molecule has 0 saturated heterocycles. The van der Waals surface area contributed by atoms with Crippen molar-refractivity contribution >= 4 is 0 Å². The maximum atomic E-state index is 5.92. The predicted molar refractivity (Wildman–Crippen MR) is 80.9 cm³/mol. The Morgan fingerprint density at radius 2 is 1.95 bits per heavy atom. The summed E-state index contributed by atoms with van der Waals surface area (Å²) in [5, 5.41) is 3.44. The van der Waals surface area contributed by atoms with Crippen LogP contribution >= 0.6 is 0 Å². The fourth-order valence-electron chi connectivity index (χ4n) is 2.92. The first-order chi connectivity index (χ1) is 9.90.